The highest BCUT2D eigenvalue weighted by Crippen LogP contribution is 2.34. The number of fused-ring (bicyclic) bond motifs is 1. The minimum absolute atomic E-state index is 0.0836. The van der Waals surface area contributed by atoms with Crippen molar-refractivity contribution in [1.82, 2.24) is 4.90 Å². The second-order valence-electron chi connectivity index (χ2n) is 9.21. The van der Waals surface area contributed by atoms with Crippen LogP contribution in [-0.2, 0) is 14.4 Å². The average Bonchev–Trinajstić information content (AvgIpc) is 3.27. The van der Waals surface area contributed by atoms with Gasteiger partial charge in [-0.1, -0.05) is 24.3 Å². The number of allylic oxidation sites excluding steroid dienone is 1. The first-order valence-corrected chi connectivity index (χ1v) is 12.3. The Labute approximate surface area is 220 Å². The van der Waals surface area contributed by atoms with Gasteiger partial charge in [-0.3, -0.25) is 19.2 Å². The number of piperazine rings is 1. The van der Waals surface area contributed by atoms with E-state index in [-0.39, 0.29) is 17.4 Å². The van der Waals surface area contributed by atoms with E-state index < -0.39 is 23.4 Å². The Morgan fingerprint density at radius 3 is 2.29 bits per heavy atom. The van der Waals surface area contributed by atoms with Gasteiger partial charge in [0, 0.05) is 50.3 Å². The summed E-state index contributed by atoms with van der Waals surface area (Å²) in [6, 6.07) is 16.9. The number of ketones is 2. The molecule has 2 aromatic carbocycles. The van der Waals surface area contributed by atoms with Gasteiger partial charge in [0.15, 0.2) is 23.2 Å². The number of amides is 2. The lowest BCUT2D eigenvalue weighted by Crippen LogP contribution is -2.48. The van der Waals surface area contributed by atoms with E-state index in [2.05, 4.69) is 22.3 Å². The summed E-state index contributed by atoms with van der Waals surface area (Å²) in [5.74, 6) is -3.56. The van der Waals surface area contributed by atoms with Crippen LogP contribution >= 0.6 is 0 Å². The number of hydrogen-bond donors (Lipinski definition) is 1. The van der Waals surface area contributed by atoms with Crippen molar-refractivity contribution in [2.45, 2.75) is 20.8 Å². The van der Waals surface area contributed by atoms with Crippen molar-refractivity contribution in [3.63, 3.8) is 0 Å². The quantitative estimate of drug-likeness (QED) is 0.288. The molecule has 1 saturated heterocycles. The number of nitrogens with zero attached hydrogens (tertiary/aromatic N) is 3. The molecule has 1 aliphatic rings. The fourth-order valence-corrected chi connectivity index (χ4v) is 4.43. The van der Waals surface area contributed by atoms with Crippen molar-refractivity contribution >= 4 is 51.3 Å². The number of benzene rings is 2. The lowest BCUT2D eigenvalue weighted by Gasteiger charge is -2.35. The maximum Gasteiger partial charge on any atom is 0.249 e. The van der Waals surface area contributed by atoms with E-state index in [0.29, 0.717) is 35.2 Å². The van der Waals surface area contributed by atoms with Crippen molar-refractivity contribution in [1.29, 1.82) is 5.26 Å². The van der Waals surface area contributed by atoms with E-state index in [0.717, 1.165) is 25.7 Å². The Balaban J connectivity index is 1.55. The molecular formula is C29H28N4O5. The van der Waals surface area contributed by atoms with E-state index in [1.807, 2.05) is 30.0 Å². The van der Waals surface area contributed by atoms with Gasteiger partial charge in [0.05, 0.1) is 11.8 Å². The van der Waals surface area contributed by atoms with E-state index in [4.69, 9.17) is 4.42 Å². The van der Waals surface area contributed by atoms with Gasteiger partial charge in [0.1, 0.15) is 5.58 Å². The fourth-order valence-electron chi connectivity index (χ4n) is 4.43. The third-order valence-electron chi connectivity index (χ3n) is 6.56. The van der Waals surface area contributed by atoms with Crippen LogP contribution in [-0.4, -0.2) is 54.5 Å². The SMILES string of the molecule is CC(=O)c1oc2ccc(C(C)=CC(=O)N3CCN(c4ccccc4)CC3)cc2c1NC(=O)C(C#N)C(C)=O. The van der Waals surface area contributed by atoms with Crippen LogP contribution in [0.4, 0.5) is 11.4 Å². The predicted octanol–water partition coefficient (Wildman–Crippen LogP) is 4.05. The van der Waals surface area contributed by atoms with Crippen LogP contribution in [0.1, 0.15) is 36.9 Å². The Hall–Kier alpha value is -4.71. The highest BCUT2D eigenvalue weighted by atomic mass is 16.3. The third-order valence-corrected chi connectivity index (χ3v) is 6.56. The Morgan fingerprint density at radius 2 is 1.68 bits per heavy atom. The largest absolute Gasteiger partial charge is 0.451 e. The highest BCUT2D eigenvalue weighted by Gasteiger charge is 2.27. The number of furan rings is 1. The van der Waals surface area contributed by atoms with Crippen LogP contribution in [0.15, 0.2) is 59.0 Å². The molecular weight excluding hydrogens is 484 g/mol. The molecule has 1 atom stereocenters. The number of nitrogens with one attached hydrogen (secondary N) is 1. The first-order chi connectivity index (χ1) is 18.2. The van der Waals surface area contributed by atoms with E-state index in [1.165, 1.54) is 6.92 Å². The maximum absolute atomic E-state index is 13.0. The predicted molar refractivity (Wildman–Crippen MR) is 144 cm³/mol. The second-order valence-corrected chi connectivity index (χ2v) is 9.21. The standard InChI is InChI=1S/C29H28N4O5/c1-18(15-26(36)33-13-11-32(12-14-33)22-7-5-4-6-8-22)21-9-10-25-23(16-21)27(28(38-25)20(3)35)31-29(37)24(17-30)19(2)34/h4-10,15-16,24H,11-14H2,1-3H3,(H,31,37). The topological polar surface area (TPSA) is 124 Å². The lowest BCUT2D eigenvalue weighted by atomic mass is 10.0. The number of hydrogen-bond acceptors (Lipinski definition) is 7. The van der Waals surface area contributed by atoms with Crippen molar-refractivity contribution in [3.05, 3.63) is 65.9 Å². The number of rotatable bonds is 7. The number of nitriles is 1. The molecule has 0 bridgehead atoms. The van der Waals surface area contributed by atoms with Gasteiger partial charge in [0.2, 0.25) is 11.8 Å². The molecule has 4 rings (SSSR count). The number of Topliss-reactive ketones (excluding diaryl/α,β-unsaturated/α-hetero) is 2. The van der Waals surface area contributed by atoms with Crippen molar-refractivity contribution in [2.24, 2.45) is 5.92 Å². The summed E-state index contributed by atoms with van der Waals surface area (Å²) >= 11 is 0. The zero-order valence-corrected chi connectivity index (χ0v) is 21.5. The average molecular weight is 513 g/mol. The van der Waals surface area contributed by atoms with Crippen LogP contribution in [0, 0.1) is 17.2 Å². The van der Waals surface area contributed by atoms with Gasteiger partial charge in [-0.25, -0.2) is 0 Å². The number of carbonyl (C=O) groups excluding carboxylic acids is 4. The van der Waals surface area contributed by atoms with E-state index in [9.17, 15) is 24.4 Å². The van der Waals surface area contributed by atoms with Crippen molar-refractivity contribution in [2.75, 3.05) is 36.4 Å². The Bertz CT molecular complexity index is 1470. The molecule has 9 heteroatoms. The number of anilines is 2. The molecule has 3 aromatic rings. The van der Waals surface area contributed by atoms with Gasteiger partial charge >= 0.3 is 0 Å². The van der Waals surface area contributed by atoms with Gasteiger partial charge in [-0.05, 0) is 49.2 Å². The van der Waals surface area contributed by atoms with Crippen molar-refractivity contribution < 1.29 is 23.6 Å². The zero-order valence-electron chi connectivity index (χ0n) is 21.5. The van der Waals surface area contributed by atoms with Crippen LogP contribution in [0.25, 0.3) is 16.5 Å². The van der Waals surface area contributed by atoms with Crippen LogP contribution in [0.3, 0.4) is 0 Å². The normalized spacial score (nSPS) is 14.6. The van der Waals surface area contributed by atoms with Crippen molar-refractivity contribution in [3.8, 4) is 6.07 Å². The molecule has 2 heterocycles. The van der Waals surface area contributed by atoms with Gasteiger partial charge in [0.25, 0.3) is 0 Å². The maximum atomic E-state index is 13.0. The van der Waals surface area contributed by atoms with Gasteiger partial charge < -0.3 is 19.5 Å². The molecule has 38 heavy (non-hydrogen) atoms. The summed E-state index contributed by atoms with van der Waals surface area (Å²) in [6.45, 7) is 6.94. The molecule has 0 saturated carbocycles. The minimum atomic E-state index is -1.51. The molecule has 1 unspecified atom stereocenters. The molecule has 1 N–H and O–H groups in total. The smallest absolute Gasteiger partial charge is 0.249 e. The molecule has 194 valence electrons. The summed E-state index contributed by atoms with van der Waals surface area (Å²) in [4.78, 5) is 53.5. The van der Waals surface area contributed by atoms with E-state index in [1.54, 1.807) is 30.3 Å². The zero-order chi connectivity index (χ0) is 27.4. The molecule has 1 aliphatic heterocycles. The fraction of sp³-hybridized carbons (Fsp3) is 0.276. The summed E-state index contributed by atoms with van der Waals surface area (Å²) in [6.07, 6.45) is 1.57. The monoisotopic (exact) mass is 512 g/mol. The second kappa shape index (κ2) is 11.1. The molecule has 1 fully saturated rings. The third kappa shape index (κ3) is 5.49. The number of carbonyl (C=O) groups is 4. The number of para-hydroxylation sites is 1. The molecule has 0 spiro atoms. The first kappa shape index (κ1) is 26.4. The summed E-state index contributed by atoms with van der Waals surface area (Å²) < 4.78 is 5.66. The summed E-state index contributed by atoms with van der Waals surface area (Å²) in [5.41, 5.74) is 2.98. The molecule has 9 nitrogen and oxygen atoms in total. The molecule has 0 aliphatic carbocycles. The molecule has 2 amide bonds. The van der Waals surface area contributed by atoms with Crippen LogP contribution < -0.4 is 10.2 Å². The highest BCUT2D eigenvalue weighted by molar-refractivity contribution is 6.15. The van der Waals surface area contributed by atoms with Crippen LogP contribution in [0.2, 0.25) is 0 Å². The summed E-state index contributed by atoms with van der Waals surface area (Å²) in [7, 11) is 0. The molecule has 0 radical (unpaired) electrons. The lowest BCUT2D eigenvalue weighted by molar-refractivity contribution is -0.128. The Kier molecular flexibility index (Phi) is 7.72. The Morgan fingerprint density at radius 1 is 1.00 bits per heavy atom. The molecule has 1 aromatic heterocycles. The van der Waals surface area contributed by atoms with Gasteiger partial charge in [-0.2, -0.15) is 5.26 Å². The minimum Gasteiger partial charge on any atom is -0.451 e. The van der Waals surface area contributed by atoms with Gasteiger partial charge in [-0.15, -0.1) is 0 Å². The summed E-state index contributed by atoms with van der Waals surface area (Å²) in [5, 5.41) is 12.2. The van der Waals surface area contributed by atoms with E-state index >= 15 is 0 Å². The van der Waals surface area contributed by atoms with Crippen LogP contribution in [0.5, 0.6) is 0 Å². The first-order valence-electron chi connectivity index (χ1n) is 12.3.